The average Bonchev–Trinajstić information content (AvgIpc) is 3.37. The van der Waals surface area contributed by atoms with E-state index in [2.05, 4.69) is 24.5 Å². The average molecular weight is 522 g/mol. The van der Waals surface area contributed by atoms with Crippen LogP contribution in [-0.2, 0) is 16.4 Å². The van der Waals surface area contributed by atoms with Crippen molar-refractivity contribution in [3.63, 3.8) is 0 Å². The molecule has 1 aliphatic heterocycles. The lowest BCUT2D eigenvalue weighted by Gasteiger charge is -2.20. The minimum absolute atomic E-state index is 0.0652. The molecule has 8 nitrogen and oxygen atoms in total. The van der Waals surface area contributed by atoms with Crippen LogP contribution in [0.5, 0.6) is 0 Å². The van der Waals surface area contributed by atoms with Crippen molar-refractivity contribution in [1.82, 2.24) is 5.32 Å². The molecule has 1 aliphatic rings. The van der Waals surface area contributed by atoms with Crippen LogP contribution in [0.15, 0.2) is 77.7 Å². The summed E-state index contributed by atoms with van der Waals surface area (Å²) >= 11 is 0. The van der Waals surface area contributed by atoms with Crippen LogP contribution < -0.4 is 19.8 Å². The summed E-state index contributed by atoms with van der Waals surface area (Å²) in [7, 11) is -3.81. The normalized spacial score (nSPS) is 12.9. The number of carbonyl (C=O) groups excluding carboxylic acids is 2. The zero-order valence-corrected chi connectivity index (χ0v) is 22.0. The summed E-state index contributed by atoms with van der Waals surface area (Å²) in [6.07, 6.45) is 0.653. The van der Waals surface area contributed by atoms with Crippen LogP contribution in [0.1, 0.15) is 40.1 Å². The topological polar surface area (TPSA) is 100 Å². The maximum absolute atomic E-state index is 13.3. The molecule has 2 amide bonds. The van der Waals surface area contributed by atoms with Gasteiger partial charge in [0, 0.05) is 23.4 Å². The Morgan fingerprint density at radius 2 is 1.62 bits per heavy atom. The van der Waals surface area contributed by atoms with E-state index < -0.39 is 15.9 Å². The molecular formula is C28H33N4O4S+. The molecular weight excluding hydrogens is 488 g/mol. The maximum atomic E-state index is 13.3. The standard InChI is InChI=1S/C28H32N4O4S/c1-3-31(4-2)19-17-29-27(33)22-12-14-24(15-13-22)30-28(34)23-9-7-10-25(20-23)37(35,36)32-18-16-21-8-5-6-11-26(21)32/h5-15,20H,3-4,16-19H2,1-2H3,(H,29,33)(H,30,34)/p+1. The molecule has 3 N–H and O–H groups in total. The number of carbonyl (C=O) groups is 2. The van der Waals surface area contributed by atoms with E-state index in [1.54, 1.807) is 42.5 Å². The van der Waals surface area contributed by atoms with Gasteiger partial charge in [-0.25, -0.2) is 8.42 Å². The van der Waals surface area contributed by atoms with E-state index in [1.807, 2.05) is 18.2 Å². The van der Waals surface area contributed by atoms with Crippen molar-refractivity contribution >= 4 is 33.2 Å². The van der Waals surface area contributed by atoms with Gasteiger partial charge in [0.25, 0.3) is 21.8 Å². The molecule has 4 rings (SSSR count). The van der Waals surface area contributed by atoms with Gasteiger partial charge in [0.2, 0.25) is 0 Å². The number of fused-ring (bicyclic) bond motifs is 1. The van der Waals surface area contributed by atoms with Gasteiger partial charge in [0.05, 0.1) is 36.8 Å². The van der Waals surface area contributed by atoms with Crippen molar-refractivity contribution in [1.29, 1.82) is 0 Å². The van der Waals surface area contributed by atoms with Crippen LogP contribution in [0, 0.1) is 0 Å². The summed E-state index contributed by atoms with van der Waals surface area (Å²) < 4.78 is 28.1. The summed E-state index contributed by atoms with van der Waals surface area (Å²) in [5.74, 6) is -0.593. The van der Waals surface area contributed by atoms with E-state index in [9.17, 15) is 18.0 Å². The molecule has 9 heteroatoms. The maximum Gasteiger partial charge on any atom is 0.264 e. The number of nitrogens with zero attached hydrogens (tertiary/aromatic N) is 1. The Bertz CT molecular complexity index is 1370. The van der Waals surface area contributed by atoms with Crippen molar-refractivity contribution in [3.05, 3.63) is 89.5 Å². The first kappa shape index (κ1) is 26.4. The Morgan fingerprint density at radius 3 is 2.35 bits per heavy atom. The number of benzene rings is 3. The molecule has 0 saturated carbocycles. The summed E-state index contributed by atoms with van der Waals surface area (Å²) in [6.45, 7) is 8.10. The summed E-state index contributed by atoms with van der Waals surface area (Å²) in [5.41, 5.74) is 2.91. The minimum Gasteiger partial charge on any atom is -0.346 e. The smallest absolute Gasteiger partial charge is 0.264 e. The van der Waals surface area contributed by atoms with Crippen molar-refractivity contribution in [3.8, 4) is 0 Å². The number of para-hydroxylation sites is 1. The van der Waals surface area contributed by atoms with Crippen molar-refractivity contribution in [2.75, 3.05) is 42.3 Å². The number of rotatable bonds is 10. The third-order valence-corrected chi connectivity index (χ3v) is 8.51. The number of anilines is 2. The molecule has 194 valence electrons. The molecule has 37 heavy (non-hydrogen) atoms. The molecule has 0 unspecified atom stereocenters. The molecule has 0 saturated heterocycles. The van der Waals surface area contributed by atoms with Gasteiger partial charge in [-0.2, -0.15) is 0 Å². The molecule has 0 bridgehead atoms. The molecule has 3 aromatic carbocycles. The minimum atomic E-state index is -3.81. The second-order valence-corrected chi connectivity index (χ2v) is 10.8. The van der Waals surface area contributed by atoms with Gasteiger partial charge in [0.1, 0.15) is 0 Å². The van der Waals surface area contributed by atoms with Crippen LogP contribution >= 0.6 is 0 Å². The number of nitrogens with one attached hydrogen (secondary N) is 3. The van der Waals surface area contributed by atoms with E-state index >= 15 is 0 Å². The Kier molecular flexibility index (Phi) is 8.25. The highest BCUT2D eigenvalue weighted by molar-refractivity contribution is 7.92. The van der Waals surface area contributed by atoms with Gasteiger partial charge in [-0.1, -0.05) is 24.3 Å². The number of sulfonamides is 1. The van der Waals surface area contributed by atoms with Crippen LogP contribution in [-0.4, -0.2) is 53.0 Å². The van der Waals surface area contributed by atoms with Crippen LogP contribution in [0.3, 0.4) is 0 Å². The van der Waals surface area contributed by atoms with Crippen molar-refractivity contribution in [2.45, 2.75) is 25.2 Å². The predicted molar refractivity (Wildman–Crippen MR) is 145 cm³/mol. The van der Waals surface area contributed by atoms with E-state index in [0.29, 0.717) is 36.4 Å². The van der Waals surface area contributed by atoms with Crippen molar-refractivity contribution < 1.29 is 22.9 Å². The fourth-order valence-corrected chi connectivity index (χ4v) is 6.00. The number of hydrogen-bond acceptors (Lipinski definition) is 4. The molecule has 0 fully saturated rings. The molecule has 1 heterocycles. The van der Waals surface area contributed by atoms with E-state index in [0.717, 1.165) is 25.2 Å². The fraction of sp³-hybridized carbons (Fsp3) is 0.286. The summed E-state index contributed by atoms with van der Waals surface area (Å²) in [5, 5.41) is 5.70. The molecule has 0 spiro atoms. The zero-order chi connectivity index (χ0) is 26.4. The Balaban J connectivity index is 1.40. The fourth-order valence-electron chi connectivity index (χ4n) is 4.45. The largest absolute Gasteiger partial charge is 0.346 e. The quantitative estimate of drug-likeness (QED) is 0.381. The third kappa shape index (κ3) is 6.00. The zero-order valence-electron chi connectivity index (χ0n) is 21.2. The van der Waals surface area contributed by atoms with Gasteiger partial charge in [-0.3, -0.25) is 13.9 Å². The van der Waals surface area contributed by atoms with Crippen LogP contribution in [0.2, 0.25) is 0 Å². The summed E-state index contributed by atoms with van der Waals surface area (Å²) in [4.78, 5) is 26.8. The lowest BCUT2D eigenvalue weighted by molar-refractivity contribution is -0.895. The number of likely N-dealkylation sites (N-methyl/N-ethyl adjacent to an activating group) is 1. The number of quaternary nitrogens is 1. The monoisotopic (exact) mass is 521 g/mol. The highest BCUT2D eigenvalue weighted by Crippen LogP contribution is 2.32. The van der Waals surface area contributed by atoms with Gasteiger partial charge >= 0.3 is 0 Å². The second kappa shape index (κ2) is 11.6. The van der Waals surface area contributed by atoms with Gasteiger partial charge in [-0.15, -0.1) is 0 Å². The SMILES string of the molecule is CC[NH+](CC)CCNC(=O)c1ccc(NC(=O)c2cccc(S(=O)(=O)N3CCc4ccccc43)c2)cc1. The molecule has 3 aromatic rings. The Labute approximate surface area is 218 Å². The predicted octanol–water partition coefficient (Wildman–Crippen LogP) is 2.34. The van der Waals surface area contributed by atoms with Crippen LogP contribution in [0.4, 0.5) is 11.4 Å². The third-order valence-electron chi connectivity index (χ3n) is 6.70. The van der Waals surface area contributed by atoms with E-state index in [-0.39, 0.29) is 16.4 Å². The highest BCUT2D eigenvalue weighted by atomic mass is 32.2. The molecule has 0 aromatic heterocycles. The van der Waals surface area contributed by atoms with Gasteiger partial charge in [-0.05, 0) is 74.4 Å². The first-order valence-corrected chi connectivity index (χ1v) is 14.0. The summed E-state index contributed by atoms with van der Waals surface area (Å²) in [6, 6.07) is 20.1. The Morgan fingerprint density at radius 1 is 0.892 bits per heavy atom. The molecule has 0 aliphatic carbocycles. The van der Waals surface area contributed by atoms with Gasteiger partial charge in [0.15, 0.2) is 0 Å². The first-order chi connectivity index (χ1) is 17.8. The molecule has 0 radical (unpaired) electrons. The first-order valence-electron chi connectivity index (χ1n) is 12.6. The Hall–Kier alpha value is -3.69. The number of amides is 2. The van der Waals surface area contributed by atoms with Crippen LogP contribution in [0.25, 0.3) is 0 Å². The highest BCUT2D eigenvalue weighted by Gasteiger charge is 2.31. The lowest BCUT2D eigenvalue weighted by atomic mass is 10.1. The van der Waals surface area contributed by atoms with Crippen molar-refractivity contribution in [2.24, 2.45) is 0 Å². The lowest BCUT2D eigenvalue weighted by Crippen LogP contribution is -3.12. The molecule has 0 atom stereocenters. The van der Waals surface area contributed by atoms with E-state index in [1.165, 1.54) is 21.3 Å². The van der Waals surface area contributed by atoms with Gasteiger partial charge < -0.3 is 15.5 Å². The van der Waals surface area contributed by atoms with E-state index in [4.69, 9.17) is 0 Å². The second-order valence-electron chi connectivity index (χ2n) is 8.98. The number of hydrogen-bond donors (Lipinski definition) is 3.